The van der Waals surface area contributed by atoms with Gasteiger partial charge >= 0.3 is 5.97 Å². The third kappa shape index (κ3) is 5.80. The Morgan fingerprint density at radius 3 is 2.66 bits per heavy atom. The van der Waals surface area contributed by atoms with Crippen molar-refractivity contribution in [1.29, 1.82) is 0 Å². The fraction of sp³-hybridized carbons (Fsp3) is 0.200. The summed E-state index contributed by atoms with van der Waals surface area (Å²) in [5.74, 6) is -1.05. The third-order valence-corrected chi connectivity index (χ3v) is 3.84. The molecule has 1 heterocycles. The second kappa shape index (κ2) is 9.36. The Labute approximate surface area is 165 Å². The first kappa shape index (κ1) is 19.9. The summed E-state index contributed by atoms with van der Waals surface area (Å²) in [4.78, 5) is 46.9. The van der Waals surface area contributed by atoms with Crippen molar-refractivity contribution >= 4 is 29.3 Å². The molecule has 0 aliphatic carbocycles. The highest BCUT2D eigenvalue weighted by Crippen LogP contribution is 2.28. The average molecular weight is 398 g/mol. The van der Waals surface area contributed by atoms with Gasteiger partial charge in [-0.25, -0.2) is 0 Å². The van der Waals surface area contributed by atoms with E-state index in [-0.39, 0.29) is 24.7 Å². The van der Waals surface area contributed by atoms with Crippen LogP contribution in [0.5, 0.6) is 11.5 Å². The van der Waals surface area contributed by atoms with Crippen molar-refractivity contribution in [3.63, 3.8) is 0 Å². The van der Waals surface area contributed by atoms with Crippen LogP contribution < -0.4 is 20.1 Å². The third-order valence-electron chi connectivity index (χ3n) is 3.84. The summed E-state index contributed by atoms with van der Waals surface area (Å²) < 4.78 is 15.3. The molecule has 0 bridgehead atoms. The summed E-state index contributed by atoms with van der Waals surface area (Å²) in [6.07, 6.45) is 0. The lowest BCUT2D eigenvalue weighted by molar-refractivity contribution is -0.143. The number of para-hydroxylation sites is 1. The Bertz CT molecular complexity index is 928. The number of fused-ring (bicyclic) bond motifs is 1. The lowest BCUT2D eigenvalue weighted by atomic mass is 10.1. The number of rotatable bonds is 8. The predicted octanol–water partition coefficient (Wildman–Crippen LogP) is 0.939. The quantitative estimate of drug-likeness (QED) is 0.501. The number of ether oxygens (including phenoxy) is 3. The SMILES string of the molecule is O=C(COc1ccccc1)NCC(=O)OCC(=O)c1ccc2c(c1)NC(=O)CO2. The molecule has 0 aromatic heterocycles. The van der Waals surface area contributed by atoms with Crippen LogP contribution in [-0.4, -0.2) is 49.9 Å². The van der Waals surface area contributed by atoms with E-state index in [2.05, 4.69) is 10.6 Å². The largest absolute Gasteiger partial charge is 0.484 e. The van der Waals surface area contributed by atoms with E-state index >= 15 is 0 Å². The molecule has 2 amide bonds. The van der Waals surface area contributed by atoms with E-state index in [0.29, 0.717) is 17.2 Å². The smallest absolute Gasteiger partial charge is 0.325 e. The summed E-state index contributed by atoms with van der Waals surface area (Å²) in [7, 11) is 0. The molecule has 0 radical (unpaired) electrons. The van der Waals surface area contributed by atoms with Crippen LogP contribution in [0.4, 0.5) is 5.69 Å². The number of nitrogens with one attached hydrogen (secondary N) is 2. The first-order valence-corrected chi connectivity index (χ1v) is 8.71. The molecular weight excluding hydrogens is 380 g/mol. The normalized spacial score (nSPS) is 12.1. The van der Waals surface area contributed by atoms with E-state index in [4.69, 9.17) is 14.2 Å². The van der Waals surface area contributed by atoms with Gasteiger partial charge in [-0.1, -0.05) is 18.2 Å². The van der Waals surface area contributed by atoms with Gasteiger partial charge in [-0.15, -0.1) is 0 Å². The van der Waals surface area contributed by atoms with Crippen molar-refractivity contribution in [2.75, 3.05) is 31.7 Å². The fourth-order valence-electron chi connectivity index (χ4n) is 2.42. The number of carbonyl (C=O) groups is 4. The van der Waals surface area contributed by atoms with Gasteiger partial charge in [0.25, 0.3) is 11.8 Å². The molecule has 9 nitrogen and oxygen atoms in total. The van der Waals surface area contributed by atoms with Crippen molar-refractivity contribution in [3.05, 3.63) is 54.1 Å². The maximum Gasteiger partial charge on any atom is 0.325 e. The number of ketones is 1. The summed E-state index contributed by atoms with van der Waals surface area (Å²) in [6.45, 7) is -1.22. The Morgan fingerprint density at radius 2 is 1.86 bits per heavy atom. The lowest BCUT2D eigenvalue weighted by Crippen LogP contribution is -2.34. The number of carbonyl (C=O) groups excluding carboxylic acids is 4. The van der Waals surface area contributed by atoms with Gasteiger partial charge in [-0.3, -0.25) is 19.2 Å². The number of esters is 1. The predicted molar refractivity (Wildman–Crippen MR) is 101 cm³/mol. The maximum atomic E-state index is 12.2. The standard InChI is InChI=1S/C20H18N2O7/c23-16(13-6-7-17-15(8-13)22-19(25)12-28-17)10-29-20(26)9-21-18(24)11-27-14-4-2-1-3-5-14/h1-8H,9-12H2,(H,21,24)(H,22,25). The molecule has 0 atom stereocenters. The van der Waals surface area contributed by atoms with E-state index in [1.807, 2.05) is 6.07 Å². The van der Waals surface area contributed by atoms with Gasteiger partial charge in [0.1, 0.15) is 18.0 Å². The van der Waals surface area contributed by atoms with Gasteiger partial charge in [-0.05, 0) is 30.3 Å². The van der Waals surface area contributed by atoms with Crippen molar-refractivity contribution in [1.82, 2.24) is 5.32 Å². The second-order valence-corrected chi connectivity index (χ2v) is 6.01. The summed E-state index contributed by atoms with van der Waals surface area (Å²) in [5.41, 5.74) is 0.631. The topological polar surface area (TPSA) is 120 Å². The molecule has 0 saturated heterocycles. The van der Waals surface area contributed by atoms with Crippen LogP contribution in [0.2, 0.25) is 0 Å². The lowest BCUT2D eigenvalue weighted by Gasteiger charge is -2.18. The molecule has 2 N–H and O–H groups in total. The van der Waals surface area contributed by atoms with Crippen molar-refractivity contribution in [3.8, 4) is 11.5 Å². The molecule has 1 aliphatic rings. The van der Waals surface area contributed by atoms with E-state index < -0.39 is 30.8 Å². The number of amides is 2. The average Bonchev–Trinajstić information content (AvgIpc) is 2.74. The molecule has 0 spiro atoms. The number of benzene rings is 2. The zero-order valence-corrected chi connectivity index (χ0v) is 15.3. The number of Topliss-reactive ketones (excluding diaryl/α,β-unsaturated/α-hetero) is 1. The molecule has 29 heavy (non-hydrogen) atoms. The molecule has 3 rings (SSSR count). The Morgan fingerprint density at radius 1 is 1.07 bits per heavy atom. The molecule has 2 aromatic carbocycles. The molecular formula is C20H18N2O7. The van der Waals surface area contributed by atoms with Crippen LogP contribution in [0.15, 0.2) is 48.5 Å². The minimum Gasteiger partial charge on any atom is -0.484 e. The maximum absolute atomic E-state index is 12.2. The number of hydrogen-bond acceptors (Lipinski definition) is 7. The Kier molecular flexibility index (Phi) is 6.41. The summed E-state index contributed by atoms with van der Waals surface area (Å²) in [5, 5.41) is 4.94. The van der Waals surface area contributed by atoms with Gasteiger partial charge in [0.05, 0.1) is 5.69 Å². The first-order valence-electron chi connectivity index (χ1n) is 8.71. The van der Waals surface area contributed by atoms with Crippen molar-refractivity contribution in [2.24, 2.45) is 0 Å². The first-order chi connectivity index (χ1) is 14.0. The fourth-order valence-corrected chi connectivity index (χ4v) is 2.42. The van der Waals surface area contributed by atoms with Gasteiger partial charge in [0, 0.05) is 5.56 Å². The minimum atomic E-state index is -0.763. The van der Waals surface area contributed by atoms with E-state index in [0.717, 1.165) is 0 Å². The molecule has 0 fully saturated rings. The van der Waals surface area contributed by atoms with E-state index in [1.165, 1.54) is 12.1 Å². The molecule has 150 valence electrons. The van der Waals surface area contributed by atoms with Gasteiger partial charge in [-0.2, -0.15) is 0 Å². The minimum absolute atomic E-state index is 0.0833. The van der Waals surface area contributed by atoms with Crippen molar-refractivity contribution in [2.45, 2.75) is 0 Å². The van der Waals surface area contributed by atoms with E-state index in [9.17, 15) is 19.2 Å². The van der Waals surface area contributed by atoms with Crippen LogP contribution in [0.25, 0.3) is 0 Å². The summed E-state index contributed by atoms with van der Waals surface area (Å²) >= 11 is 0. The Hall–Kier alpha value is -3.88. The highest BCUT2D eigenvalue weighted by molar-refractivity contribution is 6.01. The zero-order valence-electron chi connectivity index (χ0n) is 15.3. The molecule has 0 saturated carbocycles. The molecule has 0 unspecified atom stereocenters. The molecule has 1 aliphatic heterocycles. The molecule has 9 heteroatoms. The van der Waals surface area contributed by atoms with Crippen molar-refractivity contribution < 1.29 is 33.4 Å². The number of anilines is 1. The van der Waals surface area contributed by atoms with Crippen LogP contribution in [0, 0.1) is 0 Å². The molecule has 2 aromatic rings. The van der Waals surface area contributed by atoms with Crippen LogP contribution in [0.1, 0.15) is 10.4 Å². The van der Waals surface area contributed by atoms with Gasteiger partial charge in [0.2, 0.25) is 0 Å². The summed E-state index contributed by atoms with van der Waals surface area (Å²) in [6, 6.07) is 13.3. The van der Waals surface area contributed by atoms with Crippen LogP contribution in [0.3, 0.4) is 0 Å². The highest BCUT2D eigenvalue weighted by atomic mass is 16.5. The zero-order chi connectivity index (χ0) is 20.6. The van der Waals surface area contributed by atoms with Crippen LogP contribution in [-0.2, 0) is 19.1 Å². The van der Waals surface area contributed by atoms with Crippen LogP contribution >= 0.6 is 0 Å². The monoisotopic (exact) mass is 398 g/mol. The van der Waals surface area contributed by atoms with Gasteiger partial charge < -0.3 is 24.8 Å². The Balaban J connectivity index is 1.40. The van der Waals surface area contributed by atoms with Gasteiger partial charge in [0.15, 0.2) is 25.6 Å². The second-order valence-electron chi connectivity index (χ2n) is 6.01. The highest BCUT2D eigenvalue weighted by Gasteiger charge is 2.18. The van der Waals surface area contributed by atoms with E-state index in [1.54, 1.807) is 30.3 Å². The number of hydrogen-bond donors (Lipinski definition) is 2.